The fraction of sp³-hybridized carbons (Fsp3) is 0.429. The minimum atomic E-state index is -0.362. The number of anilines is 2. The molecule has 2 aliphatic rings. The van der Waals surface area contributed by atoms with Crippen molar-refractivity contribution in [3.05, 3.63) is 24.3 Å². The van der Waals surface area contributed by atoms with Gasteiger partial charge in [0.25, 0.3) is 0 Å². The Labute approximate surface area is 112 Å². The highest BCUT2D eigenvalue weighted by atomic mass is 16.2. The summed E-state index contributed by atoms with van der Waals surface area (Å²) in [6.45, 7) is 1.55. The van der Waals surface area contributed by atoms with Crippen molar-refractivity contribution in [2.45, 2.75) is 25.3 Å². The van der Waals surface area contributed by atoms with E-state index in [1.807, 2.05) is 24.3 Å². The molecule has 0 aliphatic carbocycles. The van der Waals surface area contributed by atoms with E-state index in [2.05, 4.69) is 10.6 Å². The summed E-state index contributed by atoms with van der Waals surface area (Å²) in [6.07, 6.45) is 1.95. The SMILES string of the molecule is O=C1CCC(C(=O)N2CCCNc3ccccc32)N1. The highest BCUT2D eigenvalue weighted by Gasteiger charge is 2.32. The van der Waals surface area contributed by atoms with Crippen LogP contribution in [0.4, 0.5) is 11.4 Å². The second-order valence-corrected chi connectivity index (χ2v) is 4.95. The summed E-state index contributed by atoms with van der Waals surface area (Å²) < 4.78 is 0. The number of hydrogen-bond acceptors (Lipinski definition) is 3. The van der Waals surface area contributed by atoms with Gasteiger partial charge in [0.05, 0.1) is 11.4 Å². The Hall–Kier alpha value is -2.04. The Morgan fingerprint density at radius 2 is 2.16 bits per heavy atom. The fourth-order valence-corrected chi connectivity index (χ4v) is 2.66. The Morgan fingerprint density at radius 1 is 1.32 bits per heavy atom. The zero-order valence-corrected chi connectivity index (χ0v) is 10.7. The molecule has 1 aromatic rings. The standard InChI is InChI=1S/C14H17N3O2/c18-13-7-6-11(16-13)14(19)17-9-3-8-15-10-4-1-2-5-12(10)17/h1-2,4-5,11,15H,3,6-9H2,(H,16,18). The van der Waals surface area contributed by atoms with Gasteiger partial charge in [0.1, 0.15) is 6.04 Å². The molecule has 19 heavy (non-hydrogen) atoms. The number of amides is 2. The second kappa shape index (κ2) is 4.91. The molecule has 5 heteroatoms. The number of nitrogens with one attached hydrogen (secondary N) is 2. The van der Waals surface area contributed by atoms with Crippen molar-refractivity contribution in [2.75, 3.05) is 23.3 Å². The lowest BCUT2D eigenvalue weighted by Crippen LogP contribution is -2.45. The van der Waals surface area contributed by atoms with Gasteiger partial charge in [-0.05, 0) is 25.0 Å². The van der Waals surface area contributed by atoms with Gasteiger partial charge in [-0.2, -0.15) is 0 Å². The Kier molecular flexibility index (Phi) is 3.11. The second-order valence-electron chi connectivity index (χ2n) is 4.95. The molecule has 0 radical (unpaired) electrons. The first-order chi connectivity index (χ1) is 9.25. The van der Waals surface area contributed by atoms with E-state index in [1.54, 1.807) is 4.90 Å². The summed E-state index contributed by atoms with van der Waals surface area (Å²) in [6, 6.07) is 7.45. The molecular formula is C14H17N3O2. The van der Waals surface area contributed by atoms with Gasteiger partial charge in [-0.1, -0.05) is 12.1 Å². The summed E-state index contributed by atoms with van der Waals surface area (Å²) in [5, 5.41) is 6.08. The van der Waals surface area contributed by atoms with Crippen molar-refractivity contribution in [3.8, 4) is 0 Å². The molecule has 2 aliphatic heterocycles. The predicted octanol–water partition coefficient (Wildman–Crippen LogP) is 1.11. The van der Waals surface area contributed by atoms with Crippen LogP contribution in [0.5, 0.6) is 0 Å². The maximum atomic E-state index is 12.5. The van der Waals surface area contributed by atoms with E-state index in [4.69, 9.17) is 0 Å². The lowest BCUT2D eigenvalue weighted by molar-refractivity contribution is -0.124. The molecular weight excluding hydrogens is 242 g/mol. The number of carbonyl (C=O) groups is 2. The van der Waals surface area contributed by atoms with E-state index < -0.39 is 0 Å². The zero-order valence-electron chi connectivity index (χ0n) is 10.7. The largest absolute Gasteiger partial charge is 0.383 e. The molecule has 1 aromatic carbocycles. The third-order valence-corrected chi connectivity index (χ3v) is 3.63. The van der Waals surface area contributed by atoms with Crippen LogP contribution in [0.1, 0.15) is 19.3 Å². The molecule has 1 saturated heterocycles. The van der Waals surface area contributed by atoms with E-state index in [-0.39, 0.29) is 17.9 Å². The van der Waals surface area contributed by atoms with Crippen molar-refractivity contribution in [1.29, 1.82) is 0 Å². The molecule has 2 amide bonds. The van der Waals surface area contributed by atoms with Gasteiger partial charge in [-0.3, -0.25) is 9.59 Å². The van der Waals surface area contributed by atoms with Crippen molar-refractivity contribution in [2.24, 2.45) is 0 Å². The van der Waals surface area contributed by atoms with Gasteiger partial charge in [-0.15, -0.1) is 0 Å². The number of rotatable bonds is 1. The molecule has 2 heterocycles. The summed E-state index contributed by atoms with van der Waals surface area (Å²) in [7, 11) is 0. The third kappa shape index (κ3) is 2.28. The molecule has 5 nitrogen and oxygen atoms in total. The maximum Gasteiger partial charge on any atom is 0.249 e. The van der Waals surface area contributed by atoms with Crippen LogP contribution in [-0.4, -0.2) is 30.9 Å². The summed E-state index contributed by atoms with van der Waals surface area (Å²) in [5.74, 6) is -0.0263. The van der Waals surface area contributed by atoms with Crippen molar-refractivity contribution < 1.29 is 9.59 Å². The highest BCUT2D eigenvalue weighted by molar-refractivity contribution is 6.02. The normalized spacial score (nSPS) is 22.2. The average Bonchev–Trinajstić information content (AvgIpc) is 2.74. The van der Waals surface area contributed by atoms with E-state index >= 15 is 0 Å². The van der Waals surface area contributed by atoms with Crippen LogP contribution in [0.2, 0.25) is 0 Å². The third-order valence-electron chi connectivity index (χ3n) is 3.63. The Morgan fingerprint density at radius 3 is 2.95 bits per heavy atom. The molecule has 0 bridgehead atoms. The molecule has 1 fully saturated rings. The van der Waals surface area contributed by atoms with Gasteiger partial charge in [-0.25, -0.2) is 0 Å². The fourth-order valence-electron chi connectivity index (χ4n) is 2.66. The maximum absolute atomic E-state index is 12.5. The van der Waals surface area contributed by atoms with Crippen LogP contribution in [0.25, 0.3) is 0 Å². The first kappa shape index (κ1) is 12.0. The summed E-state index contributed by atoms with van der Waals surface area (Å²) in [4.78, 5) is 25.6. The van der Waals surface area contributed by atoms with Crippen LogP contribution >= 0.6 is 0 Å². The molecule has 1 atom stereocenters. The first-order valence-corrected chi connectivity index (χ1v) is 6.69. The first-order valence-electron chi connectivity index (χ1n) is 6.69. The predicted molar refractivity (Wildman–Crippen MR) is 73.1 cm³/mol. The summed E-state index contributed by atoms with van der Waals surface area (Å²) >= 11 is 0. The van der Waals surface area contributed by atoms with Crippen molar-refractivity contribution in [3.63, 3.8) is 0 Å². The minimum Gasteiger partial charge on any atom is -0.383 e. The van der Waals surface area contributed by atoms with E-state index in [9.17, 15) is 9.59 Å². The minimum absolute atomic E-state index is 0.00185. The monoisotopic (exact) mass is 259 g/mol. The average molecular weight is 259 g/mol. The van der Waals surface area contributed by atoms with Crippen LogP contribution in [0.3, 0.4) is 0 Å². The van der Waals surface area contributed by atoms with Crippen LogP contribution < -0.4 is 15.5 Å². The lowest BCUT2D eigenvalue weighted by Gasteiger charge is -2.25. The van der Waals surface area contributed by atoms with E-state index in [0.29, 0.717) is 19.4 Å². The number of hydrogen-bond donors (Lipinski definition) is 2. The van der Waals surface area contributed by atoms with Gasteiger partial charge in [0, 0.05) is 19.5 Å². The van der Waals surface area contributed by atoms with Gasteiger partial charge in [0.2, 0.25) is 11.8 Å². The number of para-hydroxylation sites is 2. The van der Waals surface area contributed by atoms with Crippen LogP contribution in [-0.2, 0) is 9.59 Å². The molecule has 100 valence electrons. The van der Waals surface area contributed by atoms with Crippen LogP contribution in [0, 0.1) is 0 Å². The lowest BCUT2D eigenvalue weighted by atomic mass is 10.1. The highest BCUT2D eigenvalue weighted by Crippen LogP contribution is 2.29. The molecule has 0 aromatic heterocycles. The van der Waals surface area contributed by atoms with E-state index in [0.717, 1.165) is 24.3 Å². The number of nitrogens with zero attached hydrogens (tertiary/aromatic N) is 1. The number of fused-ring (bicyclic) bond motifs is 1. The molecule has 3 rings (SSSR count). The number of carbonyl (C=O) groups excluding carboxylic acids is 2. The van der Waals surface area contributed by atoms with Gasteiger partial charge < -0.3 is 15.5 Å². The molecule has 2 N–H and O–H groups in total. The Bertz CT molecular complexity index is 515. The quantitative estimate of drug-likeness (QED) is 0.794. The van der Waals surface area contributed by atoms with Crippen LogP contribution in [0.15, 0.2) is 24.3 Å². The molecule has 0 saturated carbocycles. The smallest absolute Gasteiger partial charge is 0.249 e. The van der Waals surface area contributed by atoms with Gasteiger partial charge in [0.15, 0.2) is 0 Å². The number of benzene rings is 1. The zero-order chi connectivity index (χ0) is 13.2. The van der Waals surface area contributed by atoms with E-state index in [1.165, 1.54) is 0 Å². The molecule has 0 spiro atoms. The topological polar surface area (TPSA) is 61.4 Å². The van der Waals surface area contributed by atoms with Crippen molar-refractivity contribution in [1.82, 2.24) is 5.32 Å². The Balaban J connectivity index is 1.87. The summed E-state index contributed by atoms with van der Waals surface area (Å²) in [5.41, 5.74) is 1.89. The van der Waals surface area contributed by atoms with Crippen molar-refractivity contribution >= 4 is 23.2 Å². The van der Waals surface area contributed by atoms with Gasteiger partial charge >= 0.3 is 0 Å². The molecule has 1 unspecified atom stereocenters.